The maximum absolute atomic E-state index is 11.1. The van der Waals surface area contributed by atoms with Crippen LogP contribution in [0.1, 0.15) is 25.3 Å². The highest BCUT2D eigenvalue weighted by molar-refractivity contribution is 5.65. The van der Waals surface area contributed by atoms with E-state index in [1.807, 2.05) is 4.90 Å². The van der Waals surface area contributed by atoms with Gasteiger partial charge in [0, 0.05) is 32.3 Å². The van der Waals surface area contributed by atoms with Crippen LogP contribution in [0.4, 0.5) is 5.69 Å². The third kappa shape index (κ3) is 2.65. The van der Waals surface area contributed by atoms with Crippen molar-refractivity contribution in [3.63, 3.8) is 0 Å². The second-order valence-corrected chi connectivity index (χ2v) is 6.02. The second-order valence-electron chi connectivity index (χ2n) is 6.02. The van der Waals surface area contributed by atoms with Crippen LogP contribution in [0.25, 0.3) is 0 Å². The number of para-hydroxylation sites is 1. The van der Waals surface area contributed by atoms with E-state index in [4.69, 9.17) is 9.47 Å². The number of hydrogen-bond acceptors (Lipinski definition) is 4. The van der Waals surface area contributed by atoms with Gasteiger partial charge in [-0.2, -0.15) is 0 Å². The number of likely N-dealkylation sites (tertiary alicyclic amines) is 1. The largest absolute Gasteiger partial charge is 0.465 e. The molecule has 0 saturated carbocycles. The molecule has 2 bridgehead atoms. The molecule has 120 valence electrons. The van der Waals surface area contributed by atoms with Crippen molar-refractivity contribution in [1.82, 2.24) is 4.90 Å². The Morgan fingerprint density at radius 2 is 2.00 bits per heavy atom. The molecule has 1 aromatic rings. The molecule has 2 unspecified atom stereocenters. The van der Waals surface area contributed by atoms with Gasteiger partial charge in [-0.05, 0) is 30.9 Å². The molecule has 1 amide bonds. The summed E-state index contributed by atoms with van der Waals surface area (Å²) in [6.45, 7) is 4.01. The highest BCUT2D eigenvalue weighted by Gasteiger charge is 2.40. The Kier molecular flexibility index (Phi) is 4.52. The summed E-state index contributed by atoms with van der Waals surface area (Å²) in [4.78, 5) is 15.5. The molecule has 0 radical (unpaired) electrons. The molecule has 5 heteroatoms. The van der Waals surface area contributed by atoms with Gasteiger partial charge in [-0.25, -0.2) is 0 Å². The molecule has 0 spiro atoms. The first-order valence-corrected chi connectivity index (χ1v) is 7.99. The molecule has 2 fully saturated rings. The van der Waals surface area contributed by atoms with Crippen LogP contribution in [0.15, 0.2) is 18.2 Å². The lowest BCUT2D eigenvalue weighted by Gasteiger charge is -2.41. The molecule has 0 aromatic heterocycles. The molecule has 2 saturated heterocycles. The fourth-order valence-corrected chi connectivity index (χ4v) is 3.75. The number of benzene rings is 1. The molecule has 22 heavy (non-hydrogen) atoms. The lowest BCUT2D eigenvalue weighted by molar-refractivity contribution is -0.119. The van der Waals surface area contributed by atoms with E-state index >= 15 is 0 Å². The Hall–Kier alpha value is -1.75. The third-order valence-corrected chi connectivity index (χ3v) is 4.72. The number of aryl methyl sites for hydroxylation is 1. The van der Waals surface area contributed by atoms with Crippen LogP contribution in [-0.4, -0.2) is 50.4 Å². The van der Waals surface area contributed by atoms with Gasteiger partial charge < -0.3 is 19.3 Å². The molecule has 2 atom stereocenters. The first kappa shape index (κ1) is 15.2. The molecule has 3 rings (SSSR count). The van der Waals surface area contributed by atoms with Crippen LogP contribution < -0.4 is 9.64 Å². The van der Waals surface area contributed by atoms with Crippen LogP contribution in [0, 0.1) is 0 Å². The predicted octanol–water partition coefficient (Wildman–Crippen LogP) is 2.04. The standard InChI is InChI=1S/C17H24N2O3/c1-3-13-5-4-6-16(17(13)22-12-21-2)19-14-7-8-15(19)10-18(9-14)11-20/h4-6,11,14-15H,3,7-10,12H2,1-2H3. The number of rotatable bonds is 6. The van der Waals surface area contributed by atoms with Gasteiger partial charge in [0.1, 0.15) is 5.75 Å². The monoisotopic (exact) mass is 304 g/mol. The van der Waals surface area contributed by atoms with Gasteiger partial charge in [-0.3, -0.25) is 4.79 Å². The summed E-state index contributed by atoms with van der Waals surface area (Å²) < 4.78 is 11.0. The van der Waals surface area contributed by atoms with Crippen molar-refractivity contribution in [1.29, 1.82) is 0 Å². The zero-order valence-corrected chi connectivity index (χ0v) is 13.3. The molecular formula is C17H24N2O3. The van der Waals surface area contributed by atoms with Crippen molar-refractivity contribution in [3.05, 3.63) is 23.8 Å². The SMILES string of the molecule is CCc1cccc(N2C3CCC2CN(C=O)C3)c1OCOC. The molecule has 2 heterocycles. The van der Waals surface area contributed by atoms with Crippen LogP contribution in [-0.2, 0) is 16.0 Å². The summed E-state index contributed by atoms with van der Waals surface area (Å²) in [6, 6.07) is 7.12. The summed E-state index contributed by atoms with van der Waals surface area (Å²) in [5.41, 5.74) is 2.35. The quantitative estimate of drug-likeness (QED) is 0.596. The van der Waals surface area contributed by atoms with E-state index in [9.17, 15) is 4.79 Å². The number of amides is 1. The Morgan fingerprint density at radius 1 is 1.27 bits per heavy atom. The minimum atomic E-state index is 0.258. The van der Waals surface area contributed by atoms with Gasteiger partial charge in [0.05, 0.1) is 5.69 Å². The number of methoxy groups -OCH3 is 1. The van der Waals surface area contributed by atoms with E-state index in [0.717, 1.165) is 50.2 Å². The minimum absolute atomic E-state index is 0.258. The Morgan fingerprint density at radius 3 is 2.59 bits per heavy atom. The summed E-state index contributed by atoms with van der Waals surface area (Å²) >= 11 is 0. The van der Waals surface area contributed by atoms with Gasteiger partial charge >= 0.3 is 0 Å². The second kappa shape index (κ2) is 6.57. The van der Waals surface area contributed by atoms with E-state index in [1.54, 1.807) is 7.11 Å². The fourth-order valence-electron chi connectivity index (χ4n) is 3.75. The molecular weight excluding hydrogens is 280 g/mol. The van der Waals surface area contributed by atoms with Crippen molar-refractivity contribution < 1.29 is 14.3 Å². The van der Waals surface area contributed by atoms with E-state index in [-0.39, 0.29) is 6.79 Å². The summed E-state index contributed by atoms with van der Waals surface area (Å²) in [7, 11) is 1.64. The number of hydrogen-bond donors (Lipinski definition) is 0. The van der Waals surface area contributed by atoms with Crippen LogP contribution in [0.3, 0.4) is 0 Å². The zero-order chi connectivity index (χ0) is 15.5. The third-order valence-electron chi connectivity index (χ3n) is 4.72. The first-order valence-electron chi connectivity index (χ1n) is 7.99. The van der Waals surface area contributed by atoms with E-state index < -0.39 is 0 Å². The molecule has 0 N–H and O–H groups in total. The van der Waals surface area contributed by atoms with E-state index in [0.29, 0.717) is 12.1 Å². The van der Waals surface area contributed by atoms with Crippen molar-refractivity contribution in [2.75, 3.05) is 31.9 Å². The van der Waals surface area contributed by atoms with Crippen LogP contribution in [0.5, 0.6) is 5.75 Å². The number of carbonyl (C=O) groups excluding carboxylic acids is 1. The Balaban J connectivity index is 1.93. The Labute approximate surface area is 131 Å². The fraction of sp³-hybridized carbons (Fsp3) is 0.588. The zero-order valence-electron chi connectivity index (χ0n) is 13.3. The minimum Gasteiger partial charge on any atom is -0.465 e. The topological polar surface area (TPSA) is 42.0 Å². The summed E-state index contributed by atoms with van der Waals surface area (Å²) in [5.74, 6) is 0.934. The molecule has 2 aliphatic rings. The number of piperazine rings is 1. The van der Waals surface area contributed by atoms with Gasteiger partial charge in [0.15, 0.2) is 6.79 Å². The van der Waals surface area contributed by atoms with Crippen molar-refractivity contribution in [2.45, 2.75) is 38.3 Å². The van der Waals surface area contributed by atoms with E-state index in [2.05, 4.69) is 30.0 Å². The summed E-state index contributed by atoms with van der Waals surface area (Å²) in [5, 5.41) is 0. The van der Waals surface area contributed by atoms with Gasteiger partial charge in [-0.1, -0.05) is 19.1 Å². The molecule has 0 aliphatic carbocycles. The Bertz CT molecular complexity index is 521. The van der Waals surface area contributed by atoms with Crippen molar-refractivity contribution >= 4 is 12.1 Å². The number of anilines is 1. The van der Waals surface area contributed by atoms with Crippen molar-refractivity contribution in [2.24, 2.45) is 0 Å². The highest BCUT2D eigenvalue weighted by atomic mass is 16.7. The predicted molar refractivity (Wildman–Crippen MR) is 85.3 cm³/mol. The average Bonchev–Trinajstić information content (AvgIpc) is 2.81. The van der Waals surface area contributed by atoms with Crippen LogP contribution >= 0.6 is 0 Å². The number of carbonyl (C=O) groups is 1. The van der Waals surface area contributed by atoms with Gasteiger partial charge in [0.25, 0.3) is 0 Å². The van der Waals surface area contributed by atoms with Crippen molar-refractivity contribution in [3.8, 4) is 5.75 Å². The molecule has 5 nitrogen and oxygen atoms in total. The van der Waals surface area contributed by atoms with Gasteiger partial charge in [-0.15, -0.1) is 0 Å². The number of fused-ring (bicyclic) bond motifs is 2. The number of ether oxygens (including phenoxy) is 2. The maximum Gasteiger partial charge on any atom is 0.209 e. The lowest BCUT2D eigenvalue weighted by atomic mass is 10.1. The number of nitrogens with zero attached hydrogens (tertiary/aromatic N) is 2. The van der Waals surface area contributed by atoms with Gasteiger partial charge in [0.2, 0.25) is 6.41 Å². The average molecular weight is 304 g/mol. The maximum atomic E-state index is 11.1. The van der Waals surface area contributed by atoms with Crippen LogP contribution in [0.2, 0.25) is 0 Å². The van der Waals surface area contributed by atoms with E-state index in [1.165, 1.54) is 5.56 Å². The molecule has 1 aromatic carbocycles. The lowest BCUT2D eigenvalue weighted by Crippen LogP contribution is -2.53. The molecule has 2 aliphatic heterocycles. The normalized spacial score (nSPS) is 23.7. The smallest absolute Gasteiger partial charge is 0.209 e. The first-order chi connectivity index (χ1) is 10.8. The summed E-state index contributed by atoms with van der Waals surface area (Å²) in [6.07, 6.45) is 4.17. The highest BCUT2D eigenvalue weighted by Crippen LogP contribution is 2.41.